The minimum atomic E-state index is -0.176. The van der Waals surface area contributed by atoms with Crippen molar-refractivity contribution in [2.24, 2.45) is 5.10 Å². The van der Waals surface area contributed by atoms with Crippen LogP contribution in [0.2, 0.25) is 0 Å². The molecule has 2 aromatic carbocycles. The first-order valence-electron chi connectivity index (χ1n) is 10.3. The predicted molar refractivity (Wildman–Crippen MR) is 116 cm³/mol. The van der Waals surface area contributed by atoms with Crippen LogP contribution in [-0.2, 0) is 6.54 Å². The molecule has 1 N–H and O–H groups in total. The average molecular weight is 396 g/mol. The monoisotopic (exact) mass is 395 g/mol. The molecule has 0 bridgehead atoms. The summed E-state index contributed by atoms with van der Waals surface area (Å²) >= 11 is 0. The molecule has 3 rings (SSSR count). The van der Waals surface area contributed by atoms with Gasteiger partial charge in [0.1, 0.15) is 11.6 Å². The number of benzene rings is 2. The van der Waals surface area contributed by atoms with Crippen molar-refractivity contribution in [2.75, 3.05) is 13.7 Å². The van der Waals surface area contributed by atoms with Crippen LogP contribution in [0.25, 0.3) is 0 Å². The number of allylic oxidation sites excluding steroid dienone is 1. The summed E-state index contributed by atoms with van der Waals surface area (Å²) in [6.07, 6.45) is 3.98. The maximum absolute atomic E-state index is 14.4. The van der Waals surface area contributed by atoms with Gasteiger partial charge in [0.25, 0.3) is 0 Å². The van der Waals surface area contributed by atoms with E-state index in [4.69, 9.17) is 9.84 Å². The van der Waals surface area contributed by atoms with Crippen LogP contribution >= 0.6 is 0 Å². The molecule has 0 saturated carbocycles. The lowest BCUT2D eigenvalue weighted by Gasteiger charge is -2.24. The lowest BCUT2D eigenvalue weighted by molar-refractivity contribution is 0.224. The first-order valence-corrected chi connectivity index (χ1v) is 10.3. The summed E-state index contributed by atoms with van der Waals surface area (Å²) in [4.78, 5) is 0. The zero-order valence-electron chi connectivity index (χ0n) is 17.3. The van der Waals surface area contributed by atoms with Gasteiger partial charge in [0.2, 0.25) is 0 Å². The summed E-state index contributed by atoms with van der Waals surface area (Å²) in [5.74, 6) is 0.652. The van der Waals surface area contributed by atoms with Crippen molar-refractivity contribution in [3.63, 3.8) is 0 Å². The van der Waals surface area contributed by atoms with E-state index in [1.54, 1.807) is 13.2 Å². The van der Waals surface area contributed by atoms with Crippen LogP contribution in [0.4, 0.5) is 4.39 Å². The van der Waals surface area contributed by atoms with Gasteiger partial charge in [-0.05, 0) is 30.2 Å². The van der Waals surface area contributed by atoms with Gasteiger partial charge in [0, 0.05) is 25.1 Å². The molecule has 1 unspecified atom stereocenters. The largest absolute Gasteiger partial charge is 0.497 e. The number of nitrogens with zero attached hydrogens (tertiary/aromatic N) is 2. The zero-order valence-corrected chi connectivity index (χ0v) is 17.3. The van der Waals surface area contributed by atoms with E-state index in [9.17, 15) is 4.39 Å². The summed E-state index contributed by atoms with van der Waals surface area (Å²) in [6, 6.07) is 14.8. The standard InChI is InChI=1S/C24H30FN3O/c1-4-5-8-14-28-24(21-12-6-7-13-22(21)25)16-23(27-28)18(2)26-17-19-10-9-11-20(15-19)29-3/h6-7,9-13,15,24,26H,2,4-5,8,14,16-17H2,1,3H3. The van der Waals surface area contributed by atoms with Crippen LogP contribution < -0.4 is 10.1 Å². The van der Waals surface area contributed by atoms with Crippen molar-refractivity contribution in [3.8, 4) is 5.75 Å². The smallest absolute Gasteiger partial charge is 0.128 e. The Hall–Kier alpha value is -2.82. The lowest BCUT2D eigenvalue weighted by atomic mass is 10.00. The fraction of sp³-hybridized carbons (Fsp3) is 0.375. The Morgan fingerprint density at radius 1 is 1.24 bits per heavy atom. The Labute approximate surface area is 173 Å². The maximum Gasteiger partial charge on any atom is 0.128 e. The highest BCUT2D eigenvalue weighted by atomic mass is 19.1. The molecular formula is C24H30FN3O. The van der Waals surface area contributed by atoms with Crippen molar-refractivity contribution >= 4 is 5.71 Å². The van der Waals surface area contributed by atoms with E-state index in [1.807, 2.05) is 41.4 Å². The average Bonchev–Trinajstić information content (AvgIpc) is 3.16. The van der Waals surface area contributed by atoms with Gasteiger partial charge in [-0.1, -0.05) is 56.7 Å². The van der Waals surface area contributed by atoms with E-state index in [0.717, 1.165) is 48.5 Å². The molecule has 154 valence electrons. The Morgan fingerprint density at radius 3 is 2.83 bits per heavy atom. The summed E-state index contributed by atoms with van der Waals surface area (Å²) in [7, 11) is 1.66. The molecule has 1 atom stereocenters. The van der Waals surface area contributed by atoms with Gasteiger partial charge in [-0.25, -0.2) is 4.39 Å². The van der Waals surface area contributed by atoms with Gasteiger partial charge < -0.3 is 10.1 Å². The van der Waals surface area contributed by atoms with E-state index in [-0.39, 0.29) is 11.9 Å². The highest BCUT2D eigenvalue weighted by molar-refractivity contribution is 6.00. The fourth-order valence-corrected chi connectivity index (χ4v) is 3.58. The van der Waals surface area contributed by atoms with E-state index >= 15 is 0 Å². The van der Waals surface area contributed by atoms with Crippen LogP contribution in [0.5, 0.6) is 5.75 Å². The van der Waals surface area contributed by atoms with Gasteiger partial charge in [-0.2, -0.15) is 5.10 Å². The van der Waals surface area contributed by atoms with E-state index in [1.165, 1.54) is 6.07 Å². The highest BCUT2D eigenvalue weighted by Crippen LogP contribution is 2.33. The molecule has 0 aliphatic carbocycles. The molecule has 1 heterocycles. The minimum absolute atomic E-state index is 0.0848. The molecule has 4 nitrogen and oxygen atoms in total. The van der Waals surface area contributed by atoms with Gasteiger partial charge in [0.05, 0.1) is 24.6 Å². The first-order chi connectivity index (χ1) is 14.1. The number of hydrazone groups is 1. The number of rotatable bonds is 10. The number of ether oxygens (including phenoxy) is 1. The third-order valence-electron chi connectivity index (χ3n) is 5.24. The maximum atomic E-state index is 14.4. The Morgan fingerprint density at radius 2 is 2.07 bits per heavy atom. The molecule has 5 heteroatoms. The number of methoxy groups -OCH3 is 1. The van der Waals surface area contributed by atoms with Gasteiger partial charge in [-0.15, -0.1) is 0 Å². The molecule has 0 radical (unpaired) electrons. The van der Waals surface area contributed by atoms with Gasteiger partial charge in [-0.3, -0.25) is 5.01 Å². The molecule has 0 fully saturated rings. The van der Waals surface area contributed by atoms with Crippen molar-refractivity contribution in [1.82, 2.24) is 10.3 Å². The number of nitrogens with one attached hydrogen (secondary N) is 1. The van der Waals surface area contributed by atoms with Crippen molar-refractivity contribution < 1.29 is 9.13 Å². The third kappa shape index (κ3) is 5.37. The predicted octanol–water partition coefficient (Wildman–Crippen LogP) is 5.43. The Balaban J connectivity index is 1.69. The lowest BCUT2D eigenvalue weighted by Crippen LogP contribution is -2.21. The second-order valence-electron chi connectivity index (χ2n) is 7.34. The number of hydrogen-bond donors (Lipinski definition) is 1. The normalized spacial score (nSPS) is 15.9. The molecule has 1 aliphatic rings. The van der Waals surface area contributed by atoms with Crippen LogP contribution in [0.15, 0.2) is 65.9 Å². The summed E-state index contributed by atoms with van der Waals surface area (Å²) in [6.45, 7) is 7.81. The van der Waals surface area contributed by atoms with E-state index in [0.29, 0.717) is 18.5 Å². The molecule has 2 aromatic rings. The first kappa shape index (κ1) is 20.9. The summed E-state index contributed by atoms with van der Waals surface area (Å²) in [5.41, 5.74) is 3.47. The summed E-state index contributed by atoms with van der Waals surface area (Å²) < 4.78 is 19.7. The summed E-state index contributed by atoms with van der Waals surface area (Å²) in [5, 5.41) is 10.2. The van der Waals surface area contributed by atoms with Crippen LogP contribution in [-0.4, -0.2) is 24.4 Å². The van der Waals surface area contributed by atoms with Crippen molar-refractivity contribution in [2.45, 2.75) is 45.2 Å². The molecular weight excluding hydrogens is 365 g/mol. The molecule has 0 spiro atoms. The molecule has 0 saturated heterocycles. The van der Waals surface area contributed by atoms with Gasteiger partial charge in [0.15, 0.2) is 0 Å². The van der Waals surface area contributed by atoms with Crippen molar-refractivity contribution in [3.05, 3.63) is 77.8 Å². The quantitative estimate of drug-likeness (QED) is 0.545. The molecule has 0 aromatic heterocycles. The van der Waals surface area contributed by atoms with Gasteiger partial charge >= 0.3 is 0 Å². The Bertz CT molecular complexity index is 865. The highest BCUT2D eigenvalue weighted by Gasteiger charge is 2.30. The second-order valence-corrected chi connectivity index (χ2v) is 7.34. The Kier molecular flexibility index (Phi) is 7.28. The zero-order chi connectivity index (χ0) is 20.6. The number of halogens is 1. The van der Waals surface area contributed by atoms with Crippen LogP contribution in [0.1, 0.15) is 49.8 Å². The fourth-order valence-electron chi connectivity index (χ4n) is 3.58. The third-order valence-corrected chi connectivity index (χ3v) is 5.24. The second kappa shape index (κ2) is 10.1. The minimum Gasteiger partial charge on any atom is -0.497 e. The van der Waals surface area contributed by atoms with Crippen LogP contribution in [0.3, 0.4) is 0 Å². The number of hydrogen-bond acceptors (Lipinski definition) is 4. The topological polar surface area (TPSA) is 36.9 Å². The SMILES string of the molecule is C=C(NCc1cccc(OC)c1)C1=NN(CCCCC)C(c2ccccc2F)C1. The molecule has 1 aliphatic heterocycles. The van der Waals surface area contributed by atoms with E-state index in [2.05, 4.69) is 18.8 Å². The number of unbranched alkanes of at least 4 members (excludes halogenated alkanes) is 2. The molecule has 0 amide bonds. The van der Waals surface area contributed by atoms with E-state index < -0.39 is 0 Å². The van der Waals surface area contributed by atoms with Crippen molar-refractivity contribution in [1.29, 1.82) is 0 Å². The van der Waals surface area contributed by atoms with Crippen LogP contribution in [0, 0.1) is 5.82 Å². The molecule has 29 heavy (non-hydrogen) atoms.